The molecule has 5 rings (SSSR count). The lowest BCUT2D eigenvalue weighted by Gasteiger charge is -2.23. The maximum absolute atomic E-state index is 13.1. The van der Waals surface area contributed by atoms with Crippen molar-refractivity contribution in [2.24, 2.45) is 11.8 Å². The monoisotopic (exact) mass is 398 g/mol. The van der Waals surface area contributed by atoms with Crippen LogP contribution in [0.15, 0.2) is 24.7 Å². The van der Waals surface area contributed by atoms with Crippen LogP contribution in [-0.4, -0.2) is 26.0 Å². The molecule has 29 heavy (non-hydrogen) atoms. The minimum absolute atomic E-state index is 0.196. The van der Waals surface area contributed by atoms with Gasteiger partial charge in [-0.1, -0.05) is 6.42 Å². The summed E-state index contributed by atoms with van der Waals surface area (Å²) in [6, 6.07) is 3.36. The van der Waals surface area contributed by atoms with Gasteiger partial charge in [0.05, 0.1) is 23.0 Å². The molecular weight excluding hydrogens is 381 g/mol. The van der Waals surface area contributed by atoms with Crippen LogP contribution in [0.2, 0.25) is 0 Å². The third kappa shape index (κ3) is 3.09. The second-order valence-electron chi connectivity index (χ2n) is 7.81. The van der Waals surface area contributed by atoms with Crippen molar-refractivity contribution in [1.82, 2.24) is 19.9 Å². The minimum atomic E-state index is -4.51. The average molecular weight is 398 g/mol. The zero-order valence-corrected chi connectivity index (χ0v) is 15.3. The fraction of sp³-hybridized carbons (Fsp3) is 0.400. The summed E-state index contributed by atoms with van der Waals surface area (Å²) in [7, 11) is 0. The molecule has 3 atom stereocenters. The summed E-state index contributed by atoms with van der Waals surface area (Å²) in [4.78, 5) is 15.5. The Bertz CT molecular complexity index is 1130. The van der Waals surface area contributed by atoms with Gasteiger partial charge in [-0.25, -0.2) is 15.0 Å². The molecule has 0 spiro atoms. The highest BCUT2D eigenvalue weighted by Crippen LogP contribution is 2.45. The van der Waals surface area contributed by atoms with E-state index in [4.69, 9.17) is 0 Å². The van der Waals surface area contributed by atoms with E-state index in [0.29, 0.717) is 34.8 Å². The Labute approximate surface area is 164 Å². The van der Waals surface area contributed by atoms with E-state index in [1.807, 2.05) is 6.07 Å². The molecule has 2 aliphatic rings. The van der Waals surface area contributed by atoms with Crippen LogP contribution < -0.4 is 5.32 Å². The largest absolute Gasteiger partial charge is 0.417 e. The predicted octanol–water partition coefficient (Wildman–Crippen LogP) is 4.51. The SMILES string of the molecule is N#Cc1cnc(N[C@@H]2CC3CC[C@H]2C3)nc1-c1c[nH]c2ncc(C(F)(F)F)cc12. The number of aromatic amines is 1. The van der Waals surface area contributed by atoms with E-state index in [0.717, 1.165) is 24.6 Å². The van der Waals surface area contributed by atoms with Gasteiger partial charge < -0.3 is 10.3 Å². The van der Waals surface area contributed by atoms with Gasteiger partial charge in [0.15, 0.2) is 0 Å². The van der Waals surface area contributed by atoms with Crippen molar-refractivity contribution in [2.45, 2.75) is 37.9 Å². The van der Waals surface area contributed by atoms with E-state index < -0.39 is 11.7 Å². The van der Waals surface area contributed by atoms with Crippen LogP contribution in [0.25, 0.3) is 22.3 Å². The van der Waals surface area contributed by atoms with E-state index in [1.165, 1.54) is 31.7 Å². The van der Waals surface area contributed by atoms with Crippen LogP contribution >= 0.6 is 0 Å². The Kier molecular flexibility index (Phi) is 3.98. The van der Waals surface area contributed by atoms with Gasteiger partial charge >= 0.3 is 6.18 Å². The molecule has 0 amide bonds. The Hall–Kier alpha value is -3.15. The number of H-pyrrole nitrogens is 1. The summed E-state index contributed by atoms with van der Waals surface area (Å²) >= 11 is 0. The molecule has 2 fully saturated rings. The number of anilines is 1. The molecule has 0 saturated heterocycles. The van der Waals surface area contributed by atoms with Gasteiger partial charge in [0, 0.05) is 29.4 Å². The van der Waals surface area contributed by atoms with Crippen LogP contribution in [0.3, 0.4) is 0 Å². The lowest BCUT2D eigenvalue weighted by molar-refractivity contribution is -0.137. The Morgan fingerprint density at radius 1 is 1.17 bits per heavy atom. The predicted molar refractivity (Wildman–Crippen MR) is 99.7 cm³/mol. The van der Waals surface area contributed by atoms with Gasteiger partial charge in [0.1, 0.15) is 11.7 Å². The highest BCUT2D eigenvalue weighted by atomic mass is 19.4. The lowest BCUT2D eigenvalue weighted by atomic mass is 9.95. The smallest absolute Gasteiger partial charge is 0.351 e. The summed E-state index contributed by atoms with van der Waals surface area (Å²) in [5.74, 6) is 1.75. The molecule has 148 valence electrons. The Morgan fingerprint density at radius 2 is 2.03 bits per heavy atom. The second kappa shape index (κ2) is 6.44. The number of rotatable bonds is 3. The third-order valence-electron chi connectivity index (χ3n) is 6.08. The van der Waals surface area contributed by atoms with Crippen molar-refractivity contribution >= 4 is 17.0 Å². The van der Waals surface area contributed by atoms with E-state index in [-0.39, 0.29) is 10.9 Å². The van der Waals surface area contributed by atoms with E-state index >= 15 is 0 Å². The van der Waals surface area contributed by atoms with Crippen LogP contribution in [0, 0.1) is 23.2 Å². The van der Waals surface area contributed by atoms with Crippen molar-refractivity contribution in [1.29, 1.82) is 5.26 Å². The highest BCUT2D eigenvalue weighted by Gasteiger charge is 2.39. The number of hydrogen-bond donors (Lipinski definition) is 2. The normalized spacial score (nSPS) is 23.4. The zero-order chi connectivity index (χ0) is 20.2. The molecule has 0 aromatic carbocycles. The molecule has 6 nitrogen and oxygen atoms in total. The fourth-order valence-corrected chi connectivity index (χ4v) is 4.68. The molecule has 0 radical (unpaired) electrons. The zero-order valence-electron chi connectivity index (χ0n) is 15.3. The van der Waals surface area contributed by atoms with E-state index in [1.54, 1.807) is 0 Å². The van der Waals surface area contributed by atoms with Crippen LogP contribution in [0.5, 0.6) is 0 Å². The Morgan fingerprint density at radius 3 is 2.72 bits per heavy atom. The van der Waals surface area contributed by atoms with Gasteiger partial charge in [-0.15, -0.1) is 0 Å². The molecule has 3 aromatic rings. The first-order chi connectivity index (χ1) is 13.9. The first-order valence-electron chi connectivity index (χ1n) is 9.50. The molecule has 2 N–H and O–H groups in total. The molecule has 1 unspecified atom stereocenters. The molecule has 2 bridgehead atoms. The number of fused-ring (bicyclic) bond motifs is 3. The van der Waals surface area contributed by atoms with Crippen molar-refractivity contribution in [2.75, 3.05) is 5.32 Å². The maximum Gasteiger partial charge on any atom is 0.417 e. The second-order valence-corrected chi connectivity index (χ2v) is 7.81. The standard InChI is InChI=1S/C20H17F3N6/c21-20(22,23)13-5-14-15(9-26-18(14)25-8-13)17-12(6-24)7-27-19(29-17)28-16-4-10-1-2-11(16)3-10/h5,7-11,16H,1-4H2,(H,25,26)(H,27,28,29)/t10?,11-,16+/m0/s1. The van der Waals surface area contributed by atoms with Crippen molar-refractivity contribution in [3.8, 4) is 17.3 Å². The summed E-state index contributed by atoms with van der Waals surface area (Å²) in [5, 5.41) is 13.1. The number of nitrogens with zero attached hydrogens (tertiary/aromatic N) is 4. The minimum Gasteiger partial charge on any atom is -0.351 e. The van der Waals surface area contributed by atoms with Gasteiger partial charge in [-0.05, 0) is 37.2 Å². The quantitative estimate of drug-likeness (QED) is 0.677. The third-order valence-corrected chi connectivity index (χ3v) is 6.08. The molecule has 3 heterocycles. The van der Waals surface area contributed by atoms with Crippen molar-refractivity contribution in [3.05, 3.63) is 35.8 Å². The van der Waals surface area contributed by atoms with E-state index in [2.05, 4.69) is 25.3 Å². The number of pyridine rings is 1. The lowest BCUT2D eigenvalue weighted by Crippen LogP contribution is -2.27. The van der Waals surface area contributed by atoms with Gasteiger partial charge in [-0.3, -0.25) is 0 Å². The molecule has 2 aliphatic carbocycles. The van der Waals surface area contributed by atoms with Gasteiger partial charge in [0.25, 0.3) is 0 Å². The summed E-state index contributed by atoms with van der Waals surface area (Å²) < 4.78 is 39.4. The molecular formula is C20H17F3N6. The highest BCUT2D eigenvalue weighted by molar-refractivity contribution is 5.94. The summed E-state index contributed by atoms with van der Waals surface area (Å²) in [5.41, 5.74) is 0.340. The van der Waals surface area contributed by atoms with Crippen LogP contribution in [0.4, 0.5) is 19.1 Å². The number of nitrogens with one attached hydrogen (secondary N) is 2. The molecule has 0 aliphatic heterocycles. The maximum atomic E-state index is 13.1. The van der Waals surface area contributed by atoms with Crippen molar-refractivity contribution in [3.63, 3.8) is 0 Å². The fourth-order valence-electron chi connectivity index (χ4n) is 4.68. The van der Waals surface area contributed by atoms with Crippen LogP contribution in [-0.2, 0) is 6.18 Å². The number of aromatic nitrogens is 4. The van der Waals surface area contributed by atoms with Crippen molar-refractivity contribution < 1.29 is 13.2 Å². The average Bonchev–Trinajstić information content (AvgIpc) is 3.42. The topological polar surface area (TPSA) is 90.3 Å². The van der Waals surface area contributed by atoms with Crippen LogP contribution in [0.1, 0.15) is 36.8 Å². The summed E-state index contributed by atoms with van der Waals surface area (Å²) in [6.45, 7) is 0. The molecule has 2 saturated carbocycles. The molecule has 3 aromatic heterocycles. The van der Waals surface area contributed by atoms with Gasteiger partial charge in [0.2, 0.25) is 5.95 Å². The number of hydrogen-bond acceptors (Lipinski definition) is 5. The van der Waals surface area contributed by atoms with E-state index in [9.17, 15) is 18.4 Å². The molecule has 9 heteroatoms. The first-order valence-corrected chi connectivity index (χ1v) is 9.50. The number of halogens is 3. The summed E-state index contributed by atoms with van der Waals surface area (Å²) in [6.07, 6.45) is 3.99. The number of alkyl halides is 3. The first kappa shape index (κ1) is 17.9. The van der Waals surface area contributed by atoms with Gasteiger partial charge in [-0.2, -0.15) is 18.4 Å². The number of nitriles is 1. The Balaban J connectivity index is 1.55.